The van der Waals surface area contributed by atoms with Crippen molar-refractivity contribution < 1.29 is 13.2 Å². The lowest BCUT2D eigenvalue weighted by atomic mass is 10.2. The van der Waals surface area contributed by atoms with Gasteiger partial charge in [0.1, 0.15) is 5.82 Å². The average molecular weight is 425 g/mol. The molecule has 0 aliphatic carbocycles. The molecular weight excluding hydrogens is 400 g/mol. The van der Waals surface area contributed by atoms with Crippen LogP contribution in [0.1, 0.15) is 42.0 Å². The summed E-state index contributed by atoms with van der Waals surface area (Å²) in [5.74, 6) is 0.362. The van der Waals surface area contributed by atoms with E-state index in [-0.39, 0.29) is 16.8 Å². The Morgan fingerprint density at radius 1 is 1.07 bits per heavy atom. The summed E-state index contributed by atoms with van der Waals surface area (Å²) in [5, 5.41) is 2.90. The number of benzene rings is 2. The van der Waals surface area contributed by atoms with Gasteiger partial charge in [-0.2, -0.15) is 4.31 Å². The first kappa shape index (κ1) is 20.3. The lowest BCUT2D eigenvalue weighted by Crippen LogP contribution is -2.28. The van der Waals surface area contributed by atoms with Crippen LogP contribution < -0.4 is 5.32 Å². The van der Waals surface area contributed by atoms with Crippen LogP contribution in [0.15, 0.2) is 65.7 Å². The van der Waals surface area contributed by atoms with Gasteiger partial charge in [0, 0.05) is 18.7 Å². The van der Waals surface area contributed by atoms with E-state index in [4.69, 9.17) is 0 Å². The SMILES string of the molecule is CC(NC(=O)c1ccc(S(=O)(=O)N2CCCC2)cc1)c1ncc(-c2ccccc2)[nH]1. The first-order chi connectivity index (χ1) is 14.4. The zero-order valence-corrected chi connectivity index (χ0v) is 17.5. The third kappa shape index (κ3) is 4.15. The summed E-state index contributed by atoms with van der Waals surface area (Å²) in [6, 6.07) is 15.6. The molecule has 30 heavy (non-hydrogen) atoms. The van der Waals surface area contributed by atoms with Gasteiger partial charge >= 0.3 is 0 Å². The van der Waals surface area contributed by atoms with Crippen molar-refractivity contribution in [1.82, 2.24) is 19.6 Å². The molecule has 2 heterocycles. The Balaban J connectivity index is 1.43. The van der Waals surface area contributed by atoms with Gasteiger partial charge in [-0.15, -0.1) is 0 Å². The second kappa shape index (κ2) is 8.41. The fourth-order valence-electron chi connectivity index (χ4n) is 3.53. The van der Waals surface area contributed by atoms with E-state index in [0.29, 0.717) is 24.5 Å². The molecule has 4 rings (SSSR count). The Hall–Kier alpha value is -2.97. The molecule has 0 saturated carbocycles. The van der Waals surface area contributed by atoms with E-state index in [9.17, 15) is 13.2 Å². The Morgan fingerprint density at radius 3 is 2.40 bits per heavy atom. The van der Waals surface area contributed by atoms with E-state index in [1.165, 1.54) is 16.4 Å². The minimum absolute atomic E-state index is 0.215. The number of aromatic amines is 1. The fraction of sp³-hybridized carbons (Fsp3) is 0.273. The monoisotopic (exact) mass is 424 g/mol. The smallest absolute Gasteiger partial charge is 0.251 e. The number of nitrogens with zero attached hydrogens (tertiary/aromatic N) is 2. The van der Waals surface area contributed by atoms with Crippen LogP contribution in [0, 0.1) is 0 Å². The molecule has 1 aliphatic rings. The van der Waals surface area contributed by atoms with Gasteiger partial charge in [0.2, 0.25) is 10.0 Å². The fourth-order valence-corrected chi connectivity index (χ4v) is 5.04. The van der Waals surface area contributed by atoms with Crippen molar-refractivity contribution in [2.75, 3.05) is 13.1 Å². The molecule has 1 aromatic heterocycles. The Bertz CT molecular complexity index is 1120. The molecule has 1 atom stereocenters. The predicted molar refractivity (Wildman–Crippen MR) is 114 cm³/mol. The number of H-pyrrole nitrogens is 1. The minimum atomic E-state index is -3.48. The average Bonchev–Trinajstić information content (AvgIpc) is 3.47. The number of imidazole rings is 1. The Labute approximate surface area is 176 Å². The predicted octanol–water partition coefficient (Wildman–Crippen LogP) is 3.35. The highest BCUT2D eigenvalue weighted by Gasteiger charge is 2.27. The number of hydrogen-bond donors (Lipinski definition) is 2. The van der Waals surface area contributed by atoms with Crippen molar-refractivity contribution in [2.45, 2.75) is 30.7 Å². The number of hydrogen-bond acceptors (Lipinski definition) is 4. The number of carbonyl (C=O) groups excluding carboxylic acids is 1. The summed E-state index contributed by atoms with van der Waals surface area (Å²) < 4.78 is 26.7. The van der Waals surface area contributed by atoms with Crippen LogP contribution in [0.25, 0.3) is 11.3 Å². The summed E-state index contributed by atoms with van der Waals surface area (Å²) in [7, 11) is -3.48. The maximum absolute atomic E-state index is 12.6. The van der Waals surface area contributed by atoms with Crippen molar-refractivity contribution in [3.8, 4) is 11.3 Å². The van der Waals surface area contributed by atoms with Gasteiger partial charge in [-0.3, -0.25) is 4.79 Å². The summed E-state index contributed by atoms with van der Waals surface area (Å²) in [5.41, 5.74) is 2.30. The van der Waals surface area contributed by atoms with Crippen LogP contribution in [-0.2, 0) is 10.0 Å². The molecule has 1 unspecified atom stereocenters. The molecule has 2 N–H and O–H groups in total. The lowest BCUT2D eigenvalue weighted by molar-refractivity contribution is 0.0938. The molecule has 156 valence electrons. The summed E-state index contributed by atoms with van der Waals surface area (Å²) >= 11 is 0. The Kier molecular flexibility index (Phi) is 5.69. The molecule has 8 heteroatoms. The number of sulfonamides is 1. The molecule has 1 saturated heterocycles. The largest absolute Gasteiger partial charge is 0.342 e. The van der Waals surface area contributed by atoms with Crippen LogP contribution in [0.4, 0.5) is 0 Å². The quantitative estimate of drug-likeness (QED) is 0.634. The molecule has 1 amide bonds. The molecule has 0 spiro atoms. The first-order valence-electron chi connectivity index (χ1n) is 9.96. The van der Waals surface area contributed by atoms with Crippen LogP contribution in [0.2, 0.25) is 0 Å². The third-order valence-corrected chi connectivity index (χ3v) is 7.17. The van der Waals surface area contributed by atoms with Gasteiger partial charge in [0.25, 0.3) is 5.91 Å². The number of aromatic nitrogens is 2. The van der Waals surface area contributed by atoms with Gasteiger partial charge < -0.3 is 10.3 Å². The maximum atomic E-state index is 12.6. The molecule has 3 aromatic rings. The number of nitrogens with one attached hydrogen (secondary N) is 2. The van der Waals surface area contributed by atoms with E-state index in [1.54, 1.807) is 18.3 Å². The van der Waals surface area contributed by atoms with E-state index in [2.05, 4.69) is 15.3 Å². The zero-order chi connectivity index (χ0) is 21.1. The summed E-state index contributed by atoms with van der Waals surface area (Å²) in [6.45, 7) is 2.95. The second-order valence-corrected chi connectivity index (χ2v) is 9.32. The van der Waals surface area contributed by atoms with Crippen molar-refractivity contribution in [3.05, 3.63) is 72.2 Å². The van der Waals surface area contributed by atoms with Crippen LogP contribution in [-0.4, -0.2) is 41.7 Å². The molecule has 0 radical (unpaired) electrons. The lowest BCUT2D eigenvalue weighted by Gasteiger charge is -2.16. The van der Waals surface area contributed by atoms with E-state index >= 15 is 0 Å². The minimum Gasteiger partial charge on any atom is -0.342 e. The maximum Gasteiger partial charge on any atom is 0.251 e. The molecule has 2 aromatic carbocycles. The Morgan fingerprint density at radius 2 is 1.73 bits per heavy atom. The van der Waals surface area contributed by atoms with E-state index in [0.717, 1.165) is 24.1 Å². The number of carbonyl (C=O) groups is 1. The number of rotatable bonds is 6. The van der Waals surface area contributed by atoms with Gasteiger partial charge in [-0.1, -0.05) is 30.3 Å². The highest BCUT2D eigenvalue weighted by atomic mass is 32.2. The van der Waals surface area contributed by atoms with Crippen LogP contribution in [0.3, 0.4) is 0 Å². The first-order valence-corrected chi connectivity index (χ1v) is 11.4. The molecule has 1 aliphatic heterocycles. The highest BCUT2D eigenvalue weighted by Crippen LogP contribution is 2.22. The number of amides is 1. The summed E-state index contributed by atoms with van der Waals surface area (Å²) in [4.78, 5) is 20.4. The standard InChI is InChI=1S/C22H24N4O3S/c1-16(21-23-15-20(25-21)17-7-3-2-4-8-17)24-22(27)18-9-11-19(12-10-18)30(28,29)26-13-5-6-14-26/h2-4,7-12,15-16H,5-6,13-14H2,1H3,(H,23,25)(H,24,27). The van der Waals surface area contributed by atoms with Crippen molar-refractivity contribution in [2.24, 2.45) is 0 Å². The summed E-state index contributed by atoms with van der Waals surface area (Å²) in [6.07, 6.45) is 3.51. The van der Waals surface area contributed by atoms with Crippen molar-refractivity contribution in [3.63, 3.8) is 0 Å². The van der Waals surface area contributed by atoms with Gasteiger partial charge in [0.05, 0.1) is 22.8 Å². The topological polar surface area (TPSA) is 95.2 Å². The van der Waals surface area contributed by atoms with Gasteiger partial charge in [0.15, 0.2) is 0 Å². The van der Waals surface area contributed by atoms with Crippen molar-refractivity contribution >= 4 is 15.9 Å². The third-order valence-electron chi connectivity index (χ3n) is 5.26. The van der Waals surface area contributed by atoms with Crippen LogP contribution in [0.5, 0.6) is 0 Å². The van der Waals surface area contributed by atoms with E-state index < -0.39 is 10.0 Å². The van der Waals surface area contributed by atoms with E-state index in [1.807, 2.05) is 37.3 Å². The van der Waals surface area contributed by atoms with Crippen LogP contribution >= 0.6 is 0 Å². The zero-order valence-electron chi connectivity index (χ0n) is 16.7. The molecular formula is C22H24N4O3S. The van der Waals surface area contributed by atoms with Crippen molar-refractivity contribution in [1.29, 1.82) is 0 Å². The molecule has 0 bridgehead atoms. The molecule has 7 nitrogen and oxygen atoms in total. The second-order valence-electron chi connectivity index (χ2n) is 7.38. The molecule has 1 fully saturated rings. The van der Waals surface area contributed by atoms with Gasteiger partial charge in [-0.25, -0.2) is 13.4 Å². The van der Waals surface area contributed by atoms with Gasteiger partial charge in [-0.05, 0) is 49.6 Å². The highest BCUT2D eigenvalue weighted by molar-refractivity contribution is 7.89. The normalized spacial score (nSPS) is 15.8.